The van der Waals surface area contributed by atoms with Gasteiger partial charge in [0.25, 0.3) is 0 Å². The van der Waals surface area contributed by atoms with Gasteiger partial charge < -0.3 is 9.80 Å². The lowest BCUT2D eigenvalue weighted by Gasteiger charge is -2.20. The molecule has 0 aromatic heterocycles. The number of alkyl halides is 1. The van der Waals surface area contributed by atoms with Gasteiger partial charge in [0.05, 0.1) is 11.9 Å². The fourth-order valence-corrected chi connectivity index (χ4v) is 1.89. The number of likely N-dealkylation sites (N-methyl/N-ethyl adjacent to an activating group) is 1. The Balaban J connectivity index is 2.35. The first kappa shape index (κ1) is 11.5. The van der Waals surface area contributed by atoms with Gasteiger partial charge in [0.15, 0.2) is 0 Å². The van der Waals surface area contributed by atoms with Crippen LogP contribution in [-0.4, -0.2) is 53.6 Å². The first-order chi connectivity index (χ1) is 6.65. The zero-order chi connectivity index (χ0) is 10.6. The Morgan fingerprint density at radius 1 is 1.36 bits per heavy atom. The quantitative estimate of drug-likeness (QED) is 0.694. The summed E-state index contributed by atoms with van der Waals surface area (Å²) in [6, 6.07) is 0. The molecule has 0 radical (unpaired) electrons. The summed E-state index contributed by atoms with van der Waals surface area (Å²) in [5, 5.41) is 0.275. The van der Waals surface area contributed by atoms with Gasteiger partial charge in [-0.1, -0.05) is 15.9 Å². The summed E-state index contributed by atoms with van der Waals surface area (Å²) in [6.07, 6.45) is 2.17. The van der Waals surface area contributed by atoms with E-state index in [1.807, 2.05) is 4.90 Å². The van der Waals surface area contributed by atoms with Crippen LogP contribution in [-0.2, 0) is 9.59 Å². The summed E-state index contributed by atoms with van der Waals surface area (Å²) in [7, 11) is 1.65. The van der Waals surface area contributed by atoms with Crippen LogP contribution < -0.4 is 0 Å². The number of hydrogen-bond donors (Lipinski definition) is 0. The van der Waals surface area contributed by atoms with Crippen molar-refractivity contribution >= 4 is 27.7 Å². The maximum absolute atomic E-state index is 11.6. The third kappa shape index (κ3) is 2.97. The molecule has 1 aliphatic rings. The predicted octanol–water partition coefficient (Wildman–Crippen LogP) is 0.462. The minimum atomic E-state index is -0.0578. The molecule has 0 N–H and O–H groups in total. The highest BCUT2D eigenvalue weighted by atomic mass is 79.9. The van der Waals surface area contributed by atoms with E-state index in [4.69, 9.17) is 0 Å². The molecule has 14 heavy (non-hydrogen) atoms. The lowest BCUT2D eigenvalue weighted by molar-refractivity contribution is -0.137. The second kappa shape index (κ2) is 5.34. The van der Waals surface area contributed by atoms with Gasteiger partial charge in [0.2, 0.25) is 11.8 Å². The number of hydrogen-bond acceptors (Lipinski definition) is 2. The van der Waals surface area contributed by atoms with Gasteiger partial charge in [0, 0.05) is 20.1 Å². The second-order valence-corrected chi connectivity index (χ2v) is 4.03. The van der Waals surface area contributed by atoms with Crippen LogP contribution in [0.15, 0.2) is 0 Å². The molecule has 0 aliphatic carbocycles. The summed E-state index contributed by atoms with van der Waals surface area (Å²) < 4.78 is 0. The van der Waals surface area contributed by atoms with E-state index in [0.717, 1.165) is 25.9 Å². The highest BCUT2D eigenvalue weighted by molar-refractivity contribution is 9.09. The number of likely N-dealkylation sites (tertiary alicyclic amines) is 1. The van der Waals surface area contributed by atoms with E-state index in [0.29, 0.717) is 0 Å². The molecule has 0 atom stereocenters. The number of carbonyl (C=O) groups is 2. The third-order valence-electron chi connectivity index (χ3n) is 2.37. The summed E-state index contributed by atoms with van der Waals surface area (Å²) >= 11 is 3.07. The molecule has 5 heteroatoms. The van der Waals surface area contributed by atoms with Crippen LogP contribution >= 0.6 is 15.9 Å². The average Bonchev–Trinajstić information content (AvgIpc) is 2.69. The van der Waals surface area contributed by atoms with Gasteiger partial charge in [-0.3, -0.25) is 9.59 Å². The van der Waals surface area contributed by atoms with E-state index in [1.165, 1.54) is 4.90 Å². The van der Waals surface area contributed by atoms with Crippen molar-refractivity contribution in [1.29, 1.82) is 0 Å². The lowest BCUT2D eigenvalue weighted by Crippen LogP contribution is -2.40. The van der Waals surface area contributed by atoms with Crippen LogP contribution in [0, 0.1) is 0 Å². The Labute approximate surface area is 92.4 Å². The Hall–Kier alpha value is -0.580. The fraction of sp³-hybridized carbons (Fsp3) is 0.778. The van der Waals surface area contributed by atoms with Gasteiger partial charge in [-0.15, -0.1) is 0 Å². The maximum Gasteiger partial charge on any atom is 0.242 e. The van der Waals surface area contributed by atoms with Crippen molar-refractivity contribution in [3.05, 3.63) is 0 Å². The highest BCUT2D eigenvalue weighted by Crippen LogP contribution is 2.07. The molecule has 1 rings (SSSR count). The van der Waals surface area contributed by atoms with Crippen molar-refractivity contribution in [3.8, 4) is 0 Å². The fourth-order valence-electron chi connectivity index (χ4n) is 1.46. The Morgan fingerprint density at radius 2 is 1.93 bits per heavy atom. The smallest absolute Gasteiger partial charge is 0.242 e. The third-order valence-corrected chi connectivity index (χ3v) is 2.85. The van der Waals surface area contributed by atoms with Crippen molar-refractivity contribution in [2.45, 2.75) is 12.8 Å². The number of carbonyl (C=O) groups excluding carboxylic acids is 2. The number of halogens is 1. The Bertz CT molecular complexity index is 227. The topological polar surface area (TPSA) is 40.6 Å². The molecule has 0 aromatic rings. The molecule has 1 heterocycles. The zero-order valence-electron chi connectivity index (χ0n) is 8.33. The molecule has 0 spiro atoms. The summed E-state index contributed by atoms with van der Waals surface area (Å²) in [4.78, 5) is 26.0. The van der Waals surface area contributed by atoms with E-state index in [2.05, 4.69) is 15.9 Å². The van der Waals surface area contributed by atoms with E-state index >= 15 is 0 Å². The minimum absolute atomic E-state index is 0.0549. The van der Waals surface area contributed by atoms with Gasteiger partial charge in [-0.05, 0) is 12.8 Å². The van der Waals surface area contributed by atoms with Crippen LogP contribution in [0.3, 0.4) is 0 Å². The van der Waals surface area contributed by atoms with Crippen molar-refractivity contribution in [2.75, 3.05) is 32.0 Å². The molecule has 0 bridgehead atoms. The van der Waals surface area contributed by atoms with Crippen molar-refractivity contribution in [2.24, 2.45) is 0 Å². The second-order valence-electron chi connectivity index (χ2n) is 3.47. The molecular formula is C9H15BrN2O2. The summed E-state index contributed by atoms with van der Waals surface area (Å²) in [5.74, 6) is -0.00292. The van der Waals surface area contributed by atoms with Gasteiger partial charge in [-0.2, -0.15) is 0 Å². The van der Waals surface area contributed by atoms with Gasteiger partial charge in [-0.25, -0.2) is 0 Å². The largest absolute Gasteiger partial charge is 0.341 e. The summed E-state index contributed by atoms with van der Waals surface area (Å²) in [6.45, 7) is 1.88. The first-order valence-corrected chi connectivity index (χ1v) is 5.85. The van der Waals surface area contributed by atoms with Crippen LogP contribution in [0.25, 0.3) is 0 Å². The molecule has 80 valence electrons. The van der Waals surface area contributed by atoms with Crippen LogP contribution in [0.1, 0.15) is 12.8 Å². The highest BCUT2D eigenvalue weighted by Gasteiger charge is 2.20. The van der Waals surface area contributed by atoms with Gasteiger partial charge in [0.1, 0.15) is 0 Å². The molecule has 2 amide bonds. The number of rotatable bonds is 3. The first-order valence-electron chi connectivity index (χ1n) is 4.73. The van der Waals surface area contributed by atoms with E-state index in [9.17, 15) is 9.59 Å². The normalized spacial score (nSPS) is 15.7. The number of nitrogens with zero attached hydrogens (tertiary/aromatic N) is 2. The predicted molar refractivity (Wildman–Crippen MR) is 57.2 cm³/mol. The Morgan fingerprint density at radius 3 is 2.43 bits per heavy atom. The van der Waals surface area contributed by atoms with Crippen molar-refractivity contribution in [1.82, 2.24) is 9.80 Å². The molecule has 1 fully saturated rings. The van der Waals surface area contributed by atoms with E-state index in [1.54, 1.807) is 7.05 Å². The molecule has 1 saturated heterocycles. The molecule has 0 unspecified atom stereocenters. The van der Waals surface area contributed by atoms with Crippen LogP contribution in [0.2, 0.25) is 0 Å². The molecule has 0 saturated carbocycles. The molecule has 1 aliphatic heterocycles. The number of amides is 2. The average molecular weight is 263 g/mol. The minimum Gasteiger partial charge on any atom is -0.341 e. The van der Waals surface area contributed by atoms with Crippen molar-refractivity contribution in [3.63, 3.8) is 0 Å². The standard InChI is InChI=1S/C9H15BrN2O2/c1-11(8(13)6-10)7-9(14)12-4-2-3-5-12/h2-7H2,1H3. The zero-order valence-corrected chi connectivity index (χ0v) is 9.92. The van der Waals surface area contributed by atoms with Crippen LogP contribution in [0.4, 0.5) is 0 Å². The van der Waals surface area contributed by atoms with E-state index in [-0.39, 0.29) is 23.7 Å². The monoisotopic (exact) mass is 262 g/mol. The van der Waals surface area contributed by atoms with Gasteiger partial charge >= 0.3 is 0 Å². The van der Waals surface area contributed by atoms with Crippen molar-refractivity contribution < 1.29 is 9.59 Å². The summed E-state index contributed by atoms with van der Waals surface area (Å²) in [5.41, 5.74) is 0. The maximum atomic E-state index is 11.6. The molecule has 0 aromatic carbocycles. The molecular weight excluding hydrogens is 248 g/mol. The molecule has 4 nitrogen and oxygen atoms in total. The Kier molecular flexibility index (Phi) is 4.38. The van der Waals surface area contributed by atoms with Crippen LogP contribution in [0.5, 0.6) is 0 Å². The SMILES string of the molecule is CN(CC(=O)N1CCCC1)C(=O)CBr. The lowest BCUT2D eigenvalue weighted by atomic mass is 10.4. The van der Waals surface area contributed by atoms with E-state index < -0.39 is 0 Å².